The highest BCUT2D eigenvalue weighted by Crippen LogP contribution is 2.19. The summed E-state index contributed by atoms with van der Waals surface area (Å²) in [7, 11) is 0. The molecule has 1 radical (unpaired) electrons. The Bertz CT molecular complexity index is 233. The summed E-state index contributed by atoms with van der Waals surface area (Å²) in [6.07, 6.45) is 1.08. The second-order valence-corrected chi connectivity index (χ2v) is 4.39. The fourth-order valence-electron chi connectivity index (χ4n) is 0.943. The van der Waals surface area contributed by atoms with Gasteiger partial charge in [0.1, 0.15) is 5.75 Å². The Morgan fingerprint density at radius 1 is 1.23 bits per heavy atom. The Kier molecular flexibility index (Phi) is 3.35. The molecule has 1 aromatic carbocycles. The van der Waals surface area contributed by atoms with Crippen LogP contribution in [0.2, 0.25) is 0 Å². The summed E-state index contributed by atoms with van der Waals surface area (Å²) in [5.41, 5.74) is 0.348. The molecule has 0 spiro atoms. The number of hydrogen-bond acceptors (Lipinski definition) is 1. The van der Waals surface area contributed by atoms with Crippen LogP contribution in [0.5, 0.6) is 5.75 Å². The quantitative estimate of drug-likeness (QED) is 0.688. The Balaban J connectivity index is 2.29. The van der Waals surface area contributed by atoms with E-state index in [1.807, 2.05) is 24.3 Å². The second-order valence-electron chi connectivity index (χ2n) is 4.39. The van der Waals surface area contributed by atoms with E-state index in [1.54, 1.807) is 0 Å². The summed E-state index contributed by atoms with van der Waals surface area (Å²) in [5, 5.41) is 0. The number of benzene rings is 1. The van der Waals surface area contributed by atoms with E-state index in [9.17, 15) is 0 Å². The molecule has 0 fully saturated rings. The molecule has 1 nitrogen and oxygen atoms in total. The maximum absolute atomic E-state index is 5.56. The predicted octanol–water partition coefficient (Wildman–Crippen LogP) is 3.30. The molecule has 0 aliphatic heterocycles. The van der Waals surface area contributed by atoms with E-state index >= 15 is 0 Å². The van der Waals surface area contributed by atoms with Crippen molar-refractivity contribution in [2.75, 3.05) is 6.61 Å². The molecule has 0 unspecified atom stereocenters. The van der Waals surface area contributed by atoms with Crippen molar-refractivity contribution >= 4 is 0 Å². The van der Waals surface area contributed by atoms with Crippen LogP contribution in [-0.4, -0.2) is 6.61 Å². The smallest absolute Gasteiger partial charge is 0.119 e. The first-order chi connectivity index (χ1) is 6.08. The summed E-state index contributed by atoms with van der Waals surface area (Å²) < 4.78 is 5.56. The molecule has 1 heteroatoms. The van der Waals surface area contributed by atoms with Gasteiger partial charge in [-0.1, -0.05) is 32.9 Å². The van der Waals surface area contributed by atoms with E-state index in [0.717, 1.165) is 18.8 Å². The van der Waals surface area contributed by atoms with Gasteiger partial charge < -0.3 is 4.74 Å². The molecule has 0 aliphatic carbocycles. The van der Waals surface area contributed by atoms with Crippen LogP contribution in [0.4, 0.5) is 0 Å². The standard InChI is InChI=1S/C12H17O/c1-12(2,3)9-10-13-11-7-5-4-6-8-11/h5-8H,9-10H2,1-3H3. The van der Waals surface area contributed by atoms with Crippen molar-refractivity contribution in [3.05, 3.63) is 30.3 Å². The topological polar surface area (TPSA) is 9.23 Å². The molecular formula is C12H17O. The minimum absolute atomic E-state index is 0.348. The average Bonchev–Trinajstić information content (AvgIpc) is 2.04. The molecule has 0 saturated heterocycles. The highest BCUT2D eigenvalue weighted by atomic mass is 16.5. The van der Waals surface area contributed by atoms with Crippen LogP contribution in [-0.2, 0) is 0 Å². The monoisotopic (exact) mass is 177 g/mol. The number of hydrogen-bond donors (Lipinski definition) is 0. The molecular weight excluding hydrogens is 160 g/mol. The second kappa shape index (κ2) is 4.31. The molecule has 13 heavy (non-hydrogen) atoms. The lowest BCUT2D eigenvalue weighted by atomic mass is 9.93. The lowest BCUT2D eigenvalue weighted by molar-refractivity contribution is 0.243. The van der Waals surface area contributed by atoms with Crippen molar-refractivity contribution in [2.45, 2.75) is 27.2 Å². The number of ether oxygens (including phenoxy) is 1. The zero-order chi connectivity index (χ0) is 9.73. The van der Waals surface area contributed by atoms with Gasteiger partial charge in [-0.2, -0.15) is 0 Å². The molecule has 0 atom stereocenters. The van der Waals surface area contributed by atoms with Gasteiger partial charge in [0.2, 0.25) is 0 Å². The molecule has 1 rings (SSSR count). The molecule has 1 aromatic rings. The average molecular weight is 177 g/mol. The van der Waals surface area contributed by atoms with Crippen molar-refractivity contribution in [1.82, 2.24) is 0 Å². The van der Waals surface area contributed by atoms with Gasteiger partial charge in [-0.15, -0.1) is 0 Å². The maximum atomic E-state index is 5.56. The molecule has 0 aliphatic rings. The van der Waals surface area contributed by atoms with Gasteiger partial charge in [0.25, 0.3) is 0 Å². The summed E-state index contributed by atoms with van der Waals surface area (Å²) in [6.45, 7) is 7.44. The Labute approximate surface area is 80.7 Å². The molecule has 0 aromatic heterocycles. The first kappa shape index (κ1) is 10.1. The highest BCUT2D eigenvalue weighted by Gasteiger charge is 2.09. The predicted molar refractivity (Wildman–Crippen MR) is 54.8 cm³/mol. The van der Waals surface area contributed by atoms with E-state index < -0.39 is 0 Å². The van der Waals surface area contributed by atoms with Crippen LogP contribution < -0.4 is 4.74 Å². The minimum Gasteiger partial charge on any atom is -0.494 e. The summed E-state index contributed by atoms with van der Waals surface area (Å²) in [6, 6.07) is 10.6. The Hall–Kier alpha value is -0.980. The molecule has 0 heterocycles. The van der Waals surface area contributed by atoms with Crippen LogP contribution >= 0.6 is 0 Å². The lowest BCUT2D eigenvalue weighted by Crippen LogP contribution is -2.10. The SMILES string of the molecule is CC(C)(C)CCOc1cc[c]cc1. The maximum Gasteiger partial charge on any atom is 0.119 e. The summed E-state index contributed by atoms with van der Waals surface area (Å²) in [5.74, 6) is 0.933. The van der Waals surface area contributed by atoms with Crippen LogP contribution in [0.15, 0.2) is 24.3 Å². The van der Waals surface area contributed by atoms with Gasteiger partial charge >= 0.3 is 0 Å². The zero-order valence-corrected chi connectivity index (χ0v) is 8.63. The largest absolute Gasteiger partial charge is 0.494 e. The highest BCUT2D eigenvalue weighted by molar-refractivity contribution is 5.20. The van der Waals surface area contributed by atoms with Crippen molar-refractivity contribution in [3.8, 4) is 5.75 Å². The van der Waals surface area contributed by atoms with E-state index in [4.69, 9.17) is 4.74 Å². The van der Waals surface area contributed by atoms with Crippen LogP contribution in [0.3, 0.4) is 0 Å². The zero-order valence-electron chi connectivity index (χ0n) is 8.63. The third-order valence-corrected chi connectivity index (χ3v) is 1.81. The molecule has 0 N–H and O–H groups in total. The van der Waals surface area contributed by atoms with E-state index in [1.165, 1.54) is 0 Å². The van der Waals surface area contributed by atoms with Crippen molar-refractivity contribution in [2.24, 2.45) is 5.41 Å². The lowest BCUT2D eigenvalue weighted by Gasteiger charge is -2.17. The first-order valence-electron chi connectivity index (χ1n) is 4.67. The first-order valence-corrected chi connectivity index (χ1v) is 4.67. The Morgan fingerprint density at radius 3 is 2.38 bits per heavy atom. The van der Waals surface area contributed by atoms with Gasteiger partial charge in [0.15, 0.2) is 0 Å². The third kappa shape index (κ3) is 4.56. The summed E-state index contributed by atoms with van der Waals surface area (Å²) >= 11 is 0. The molecule has 0 bridgehead atoms. The van der Waals surface area contributed by atoms with Crippen molar-refractivity contribution in [1.29, 1.82) is 0 Å². The van der Waals surface area contributed by atoms with Crippen LogP contribution in [0, 0.1) is 11.5 Å². The van der Waals surface area contributed by atoms with Gasteiger partial charge in [-0.25, -0.2) is 0 Å². The third-order valence-electron chi connectivity index (χ3n) is 1.81. The molecule has 0 amide bonds. The van der Waals surface area contributed by atoms with Crippen molar-refractivity contribution in [3.63, 3.8) is 0 Å². The van der Waals surface area contributed by atoms with Gasteiger partial charge in [-0.3, -0.25) is 0 Å². The number of rotatable bonds is 3. The van der Waals surface area contributed by atoms with Crippen LogP contribution in [0.25, 0.3) is 0 Å². The van der Waals surface area contributed by atoms with Crippen LogP contribution in [0.1, 0.15) is 27.2 Å². The fourth-order valence-corrected chi connectivity index (χ4v) is 0.943. The minimum atomic E-state index is 0.348. The van der Waals surface area contributed by atoms with E-state index in [2.05, 4.69) is 26.8 Å². The van der Waals surface area contributed by atoms with Crippen molar-refractivity contribution < 1.29 is 4.74 Å². The van der Waals surface area contributed by atoms with E-state index in [0.29, 0.717) is 5.41 Å². The summed E-state index contributed by atoms with van der Waals surface area (Å²) in [4.78, 5) is 0. The normalized spacial score (nSPS) is 11.3. The van der Waals surface area contributed by atoms with Gasteiger partial charge in [0, 0.05) is 0 Å². The fraction of sp³-hybridized carbons (Fsp3) is 0.500. The van der Waals surface area contributed by atoms with Gasteiger partial charge in [-0.05, 0) is 30.0 Å². The Morgan fingerprint density at radius 2 is 1.85 bits per heavy atom. The molecule has 71 valence electrons. The van der Waals surface area contributed by atoms with Gasteiger partial charge in [0.05, 0.1) is 6.61 Å². The molecule has 0 saturated carbocycles. The van der Waals surface area contributed by atoms with E-state index in [-0.39, 0.29) is 0 Å².